The number of ether oxygens (including phenoxy) is 1. The van der Waals surface area contributed by atoms with Crippen molar-refractivity contribution >= 4 is 5.91 Å². The predicted molar refractivity (Wildman–Crippen MR) is 94.8 cm³/mol. The number of piperazine rings is 1. The minimum Gasteiger partial charge on any atom is -0.496 e. The van der Waals surface area contributed by atoms with Crippen LogP contribution in [0, 0.1) is 0 Å². The summed E-state index contributed by atoms with van der Waals surface area (Å²) in [4.78, 5) is 15.1. The second kappa shape index (κ2) is 6.52. The first-order valence-corrected chi connectivity index (χ1v) is 8.87. The van der Waals surface area contributed by atoms with Crippen molar-refractivity contribution in [3.8, 4) is 5.75 Å². The average Bonchev–Trinajstić information content (AvgIpc) is 3.43. The highest BCUT2D eigenvalue weighted by molar-refractivity contribution is 5.93. The minimum absolute atomic E-state index is 0.0000869. The van der Waals surface area contributed by atoms with Crippen LogP contribution in [0.15, 0.2) is 30.3 Å². The molecule has 2 aliphatic rings. The Balaban J connectivity index is 1.64. The van der Waals surface area contributed by atoms with Gasteiger partial charge in [0.15, 0.2) is 5.69 Å². The number of benzene rings is 1. The first-order chi connectivity index (χ1) is 12.2. The van der Waals surface area contributed by atoms with Crippen LogP contribution in [0.4, 0.5) is 0 Å². The van der Waals surface area contributed by atoms with E-state index in [0.717, 1.165) is 17.9 Å². The quantitative estimate of drug-likeness (QED) is 0.926. The van der Waals surface area contributed by atoms with Gasteiger partial charge in [-0.3, -0.25) is 9.48 Å². The number of aromatic nitrogens is 2. The van der Waals surface area contributed by atoms with Crippen molar-refractivity contribution < 1.29 is 9.53 Å². The molecule has 1 aliphatic carbocycles. The molecule has 1 unspecified atom stereocenters. The van der Waals surface area contributed by atoms with Gasteiger partial charge in [0, 0.05) is 43.9 Å². The highest BCUT2D eigenvalue weighted by atomic mass is 16.5. The fraction of sp³-hybridized carbons (Fsp3) is 0.474. The van der Waals surface area contributed by atoms with E-state index in [4.69, 9.17) is 4.74 Å². The number of methoxy groups -OCH3 is 1. The fourth-order valence-electron chi connectivity index (χ4n) is 3.66. The number of aryl methyl sites for hydroxylation is 1. The van der Waals surface area contributed by atoms with E-state index in [1.165, 1.54) is 18.5 Å². The molecule has 4 rings (SSSR count). The molecule has 1 aliphatic heterocycles. The second-order valence-corrected chi connectivity index (χ2v) is 6.81. The van der Waals surface area contributed by atoms with Gasteiger partial charge >= 0.3 is 0 Å². The molecule has 2 fully saturated rings. The molecule has 6 nitrogen and oxygen atoms in total. The molecule has 6 heteroatoms. The Bertz CT molecular complexity index is 781. The lowest BCUT2D eigenvalue weighted by molar-refractivity contribution is 0.0624. The van der Waals surface area contributed by atoms with Crippen LogP contribution in [0.3, 0.4) is 0 Å². The van der Waals surface area contributed by atoms with Gasteiger partial charge in [0.05, 0.1) is 13.2 Å². The Labute approximate surface area is 147 Å². The Morgan fingerprint density at radius 3 is 2.88 bits per heavy atom. The van der Waals surface area contributed by atoms with Crippen LogP contribution in [0.5, 0.6) is 5.75 Å². The summed E-state index contributed by atoms with van der Waals surface area (Å²) >= 11 is 0. The SMILES string of the molecule is COc1ccccc1C1CNCCN1C(=O)c1cc(C2CC2)n(C)n1. The van der Waals surface area contributed by atoms with Crippen LogP contribution in [0.25, 0.3) is 0 Å². The Morgan fingerprint density at radius 1 is 1.32 bits per heavy atom. The van der Waals surface area contributed by atoms with Gasteiger partial charge in [-0.25, -0.2) is 0 Å². The monoisotopic (exact) mass is 340 g/mol. The number of amides is 1. The van der Waals surface area contributed by atoms with Crippen LogP contribution < -0.4 is 10.1 Å². The molecule has 1 saturated heterocycles. The summed E-state index contributed by atoms with van der Waals surface area (Å²) in [7, 11) is 3.60. The molecular formula is C19H24N4O2. The molecule has 1 amide bonds. The molecule has 1 atom stereocenters. The number of carbonyl (C=O) groups excluding carboxylic acids is 1. The van der Waals surface area contributed by atoms with Crippen molar-refractivity contribution in [3.63, 3.8) is 0 Å². The third-order valence-electron chi connectivity index (χ3n) is 5.13. The van der Waals surface area contributed by atoms with Gasteiger partial charge in [-0.2, -0.15) is 5.10 Å². The molecule has 25 heavy (non-hydrogen) atoms. The van der Waals surface area contributed by atoms with Crippen molar-refractivity contribution in [2.75, 3.05) is 26.7 Å². The van der Waals surface area contributed by atoms with E-state index in [1.807, 2.05) is 47.0 Å². The highest BCUT2D eigenvalue weighted by Gasteiger charge is 2.33. The lowest BCUT2D eigenvalue weighted by Crippen LogP contribution is -2.48. The van der Waals surface area contributed by atoms with E-state index in [0.29, 0.717) is 24.7 Å². The van der Waals surface area contributed by atoms with Crippen LogP contribution in [-0.4, -0.2) is 47.3 Å². The number of carbonyl (C=O) groups is 1. The number of hydrogen-bond acceptors (Lipinski definition) is 4. The maximum atomic E-state index is 13.2. The lowest BCUT2D eigenvalue weighted by Gasteiger charge is -2.36. The van der Waals surface area contributed by atoms with Crippen molar-refractivity contribution in [2.24, 2.45) is 7.05 Å². The summed E-state index contributed by atoms with van der Waals surface area (Å²) in [5.74, 6) is 1.39. The zero-order valence-electron chi connectivity index (χ0n) is 14.7. The molecule has 2 aromatic rings. The molecule has 1 aromatic heterocycles. The number of nitrogens with one attached hydrogen (secondary N) is 1. The van der Waals surface area contributed by atoms with Crippen molar-refractivity contribution in [3.05, 3.63) is 47.3 Å². The van der Waals surface area contributed by atoms with E-state index < -0.39 is 0 Å². The third-order valence-corrected chi connectivity index (χ3v) is 5.13. The van der Waals surface area contributed by atoms with Gasteiger partial charge in [-0.15, -0.1) is 0 Å². The third kappa shape index (κ3) is 3.02. The fourth-order valence-corrected chi connectivity index (χ4v) is 3.66. The van der Waals surface area contributed by atoms with Gasteiger partial charge in [0.2, 0.25) is 0 Å². The van der Waals surface area contributed by atoms with Crippen molar-refractivity contribution in [1.82, 2.24) is 20.0 Å². The van der Waals surface area contributed by atoms with E-state index in [2.05, 4.69) is 10.4 Å². The van der Waals surface area contributed by atoms with Gasteiger partial charge < -0.3 is 15.0 Å². The molecule has 1 N–H and O–H groups in total. The maximum Gasteiger partial charge on any atom is 0.274 e. The standard InChI is InChI=1S/C19H24N4O2/c1-22-16(13-7-8-13)11-15(21-22)19(24)23-10-9-20-12-17(23)14-5-3-4-6-18(14)25-2/h3-6,11,13,17,20H,7-10,12H2,1-2H3. The highest BCUT2D eigenvalue weighted by Crippen LogP contribution is 2.40. The summed E-state index contributed by atoms with van der Waals surface area (Å²) in [5.41, 5.74) is 2.75. The maximum absolute atomic E-state index is 13.2. The van der Waals surface area contributed by atoms with Gasteiger partial charge in [0.25, 0.3) is 5.91 Å². The second-order valence-electron chi connectivity index (χ2n) is 6.81. The van der Waals surface area contributed by atoms with Crippen LogP contribution in [0.1, 0.15) is 46.5 Å². The molecule has 132 valence electrons. The van der Waals surface area contributed by atoms with E-state index in [-0.39, 0.29) is 11.9 Å². The molecule has 1 aromatic carbocycles. The molecule has 0 radical (unpaired) electrons. The van der Waals surface area contributed by atoms with E-state index in [9.17, 15) is 4.79 Å². The summed E-state index contributed by atoms with van der Waals surface area (Å²) < 4.78 is 7.38. The van der Waals surface area contributed by atoms with Gasteiger partial charge in [0.1, 0.15) is 5.75 Å². The molecule has 1 saturated carbocycles. The molecule has 2 heterocycles. The summed E-state index contributed by atoms with van der Waals surface area (Å²) in [6, 6.07) is 9.83. The van der Waals surface area contributed by atoms with Gasteiger partial charge in [-0.05, 0) is 25.0 Å². The Kier molecular flexibility index (Phi) is 4.21. The molecular weight excluding hydrogens is 316 g/mol. The summed E-state index contributed by atoms with van der Waals surface area (Å²) in [5, 5.41) is 7.88. The molecule has 0 spiro atoms. The predicted octanol–water partition coefficient (Wildman–Crippen LogP) is 2.09. The lowest BCUT2D eigenvalue weighted by atomic mass is 10.0. The molecule has 0 bridgehead atoms. The zero-order chi connectivity index (χ0) is 17.4. The van der Waals surface area contributed by atoms with E-state index in [1.54, 1.807) is 7.11 Å². The number of nitrogens with zero attached hydrogens (tertiary/aromatic N) is 3. The smallest absolute Gasteiger partial charge is 0.274 e. The Morgan fingerprint density at radius 2 is 2.12 bits per heavy atom. The Hall–Kier alpha value is -2.34. The largest absolute Gasteiger partial charge is 0.496 e. The number of para-hydroxylation sites is 1. The van der Waals surface area contributed by atoms with Crippen molar-refractivity contribution in [1.29, 1.82) is 0 Å². The first-order valence-electron chi connectivity index (χ1n) is 8.87. The number of hydrogen-bond donors (Lipinski definition) is 1. The van der Waals surface area contributed by atoms with Crippen molar-refractivity contribution in [2.45, 2.75) is 24.8 Å². The average molecular weight is 340 g/mol. The van der Waals surface area contributed by atoms with Gasteiger partial charge in [-0.1, -0.05) is 18.2 Å². The summed E-state index contributed by atoms with van der Waals surface area (Å²) in [6.07, 6.45) is 2.40. The summed E-state index contributed by atoms with van der Waals surface area (Å²) in [6.45, 7) is 2.17. The minimum atomic E-state index is -0.0521. The first kappa shape index (κ1) is 16.1. The van der Waals surface area contributed by atoms with Crippen LogP contribution in [0.2, 0.25) is 0 Å². The normalized spacial score (nSPS) is 20.6. The van der Waals surface area contributed by atoms with E-state index >= 15 is 0 Å². The zero-order valence-corrected chi connectivity index (χ0v) is 14.7. The topological polar surface area (TPSA) is 59.4 Å². The van der Waals surface area contributed by atoms with Crippen LogP contribution in [-0.2, 0) is 7.05 Å². The number of rotatable bonds is 4. The van der Waals surface area contributed by atoms with Crippen LogP contribution >= 0.6 is 0 Å².